The number of rotatable bonds is 3. The molecule has 0 saturated heterocycles. The first-order valence-electron chi connectivity index (χ1n) is 2.41. The third kappa shape index (κ3) is 3.64. The Labute approximate surface area is 47.9 Å². The summed E-state index contributed by atoms with van der Waals surface area (Å²) in [5.74, 6) is 0.0370. The fourth-order valence-electron chi connectivity index (χ4n) is 0.322. The first kappa shape index (κ1) is 7.46. The molecule has 0 aliphatic carbocycles. The van der Waals surface area contributed by atoms with Gasteiger partial charge in [0.25, 0.3) is 0 Å². The van der Waals surface area contributed by atoms with Crippen molar-refractivity contribution in [3.05, 3.63) is 11.8 Å². The maximum Gasteiger partial charge on any atom is 0.0928 e. The zero-order valence-corrected chi connectivity index (χ0v) is 4.54. The maximum atomic E-state index is 8.59. The topological polar surface area (TPSA) is 60.7 Å². The summed E-state index contributed by atoms with van der Waals surface area (Å²) in [6.45, 7) is -0.256. The molecular weight excluding hydrogens is 108 g/mol. The van der Waals surface area contributed by atoms with Crippen LogP contribution in [-0.4, -0.2) is 28.5 Å². The Kier molecular flexibility index (Phi) is 4.30. The molecule has 0 radical (unpaired) electrons. The van der Waals surface area contributed by atoms with Crippen LogP contribution in [0.2, 0.25) is 0 Å². The highest BCUT2D eigenvalue weighted by atomic mass is 16.3. The SMILES string of the molecule is OCC=C(O)CCO. The van der Waals surface area contributed by atoms with Gasteiger partial charge in [-0.15, -0.1) is 0 Å². The molecule has 3 heteroatoms. The lowest BCUT2D eigenvalue weighted by atomic mass is 10.3. The summed E-state index contributed by atoms with van der Waals surface area (Å²) in [7, 11) is 0. The molecule has 0 aromatic heterocycles. The van der Waals surface area contributed by atoms with Crippen LogP contribution >= 0.6 is 0 Å². The second-order valence-electron chi connectivity index (χ2n) is 1.35. The molecular formula is C5H10O3. The molecule has 0 aliphatic heterocycles. The molecule has 0 saturated carbocycles. The Morgan fingerprint density at radius 2 is 2.00 bits per heavy atom. The van der Waals surface area contributed by atoms with Gasteiger partial charge in [0.15, 0.2) is 0 Å². The number of aliphatic hydroxyl groups excluding tert-OH is 3. The standard InChI is InChI=1S/C5H10O3/c6-3-1-5(8)2-4-7/h1,6-8H,2-4H2. The monoisotopic (exact) mass is 118 g/mol. The van der Waals surface area contributed by atoms with Crippen molar-refractivity contribution in [3.8, 4) is 0 Å². The molecule has 0 unspecified atom stereocenters. The van der Waals surface area contributed by atoms with E-state index in [0.29, 0.717) is 0 Å². The minimum absolute atomic E-state index is 0.0370. The fraction of sp³-hybridized carbons (Fsp3) is 0.600. The van der Waals surface area contributed by atoms with Crippen molar-refractivity contribution in [2.75, 3.05) is 13.2 Å². The van der Waals surface area contributed by atoms with Crippen molar-refractivity contribution >= 4 is 0 Å². The van der Waals surface area contributed by atoms with E-state index in [1.165, 1.54) is 6.08 Å². The summed E-state index contributed by atoms with van der Waals surface area (Å²) in [5.41, 5.74) is 0. The van der Waals surface area contributed by atoms with E-state index in [1.807, 2.05) is 0 Å². The van der Waals surface area contributed by atoms with E-state index in [4.69, 9.17) is 15.3 Å². The Balaban J connectivity index is 3.29. The summed E-state index contributed by atoms with van der Waals surface area (Å²) < 4.78 is 0. The predicted molar refractivity (Wildman–Crippen MR) is 29.5 cm³/mol. The van der Waals surface area contributed by atoms with Crippen LogP contribution in [0.3, 0.4) is 0 Å². The lowest BCUT2D eigenvalue weighted by Gasteiger charge is -1.91. The van der Waals surface area contributed by atoms with Crippen LogP contribution in [0.25, 0.3) is 0 Å². The highest BCUT2D eigenvalue weighted by Gasteiger charge is 1.86. The third-order valence-corrected chi connectivity index (χ3v) is 0.695. The van der Waals surface area contributed by atoms with Gasteiger partial charge in [-0.3, -0.25) is 0 Å². The largest absolute Gasteiger partial charge is 0.512 e. The van der Waals surface area contributed by atoms with Crippen molar-refractivity contribution < 1.29 is 15.3 Å². The van der Waals surface area contributed by atoms with Crippen LogP contribution in [0.15, 0.2) is 11.8 Å². The Morgan fingerprint density at radius 1 is 1.38 bits per heavy atom. The van der Waals surface area contributed by atoms with E-state index in [0.717, 1.165) is 0 Å². The van der Waals surface area contributed by atoms with Crippen LogP contribution < -0.4 is 0 Å². The molecule has 0 aromatic carbocycles. The minimum atomic E-state index is -0.175. The lowest BCUT2D eigenvalue weighted by molar-refractivity contribution is 0.263. The van der Waals surface area contributed by atoms with Crippen LogP contribution in [0.4, 0.5) is 0 Å². The molecule has 0 rings (SSSR count). The van der Waals surface area contributed by atoms with Gasteiger partial charge >= 0.3 is 0 Å². The molecule has 0 aromatic rings. The number of hydrogen-bond donors (Lipinski definition) is 3. The van der Waals surface area contributed by atoms with Crippen molar-refractivity contribution in [1.29, 1.82) is 0 Å². The Bertz CT molecular complexity index is 77.7. The molecule has 0 spiro atoms. The number of hydrogen-bond acceptors (Lipinski definition) is 3. The normalized spacial score (nSPS) is 12.0. The first-order chi connectivity index (χ1) is 3.81. The average Bonchev–Trinajstić information content (AvgIpc) is 1.68. The second kappa shape index (κ2) is 4.61. The van der Waals surface area contributed by atoms with E-state index in [-0.39, 0.29) is 25.4 Å². The molecule has 8 heavy (non-hydrogen) atoms. The van der Waals surface area contributed by atoms with Gasteiger partial charge in [0.1, 0.15) is 0 Å². The molecule has 3 nitrogen and oxygen atoms in total. The summed E-state index contributed by atoms with van der Waals surface area (Å²) in [4.78, 5) is 0. The van der Waals surface area contributed by atoms with Crippen molar-refractivity contribution in [2.45, 2.75) is 6.42 Å². The fourth-order valence-corrected chi connectivity index (χ4v) is 0.322. The quantitative estimate of drug-likeness (QED) is 0.450. The van der Waals surface area contributed by atoms with E-state index in [9.17, 15) is 0 Å². The summed E-state index contributed by atoms with van der Waals surface area (Å²) >= 11 is 0. The number of aliphatic hydroxyl groups is 3. The van der Waals surface area contributed by atoms with Gasteiger partial charge < -0.3 is 15.3 Å². The van der Waals surface area contributed by atoms with Crippen LogP contribution in [0, 0.1) is 0 Å². The van der Waals surface area contributed by atoms with Crippen molar-refractivity contribution in [2.24, 2.45) is 0 Å². The molecule has 48 valence electrons. The van der Waals surface area contributed by atoms with Gasteiger partial charge in [0.2, 0.25) is 0 Å². The van der Waals surface area contributed by atoms with E-state index in [1.54, 1.807) is 0 Å². The lowest BCUT2D eigenvalue weighted by Crippen LogP contribution is -1.88. The van der Waals surface area contributed by atoms with Crippen LogP contribution in [0.5, 0.6) is 0 Å². The molecule has 0 heterocycles. The van der Waals surface area contributed by atoms with Gasteiger partial charge in [-0.25, -0.2) is 0 Å². The summed E-state index contributed by atoms with van der Waals surface area (Å²) in [6.07, 6.45) is 1.47. The summed E-state index contributed by atoms with van der Waals surface area (Å²) in [5, 5.41) is 24.9. The Morgan fingerprint density at radius 3 is 2.38 bits per heavy atom. The van der Waals surface area contributed by atoms with Gasteiger partial charge in [-0.2, -0.15) is 0 Å². The predicted octanol–water partition coefficient (Wildman–Crippen LogP) is -0.197. The molecule has 0 bridgehead atoms. The summed E-state index contributed by atoms with van der Waals surface area (Å²) in [6, 6.07) is 0. The zero-order valence-electron chi connectivity index (χ0n) is 4.54. The molecule has 0 atom stereocenters. The third-order valence-electron chi connectivity index (χ3n) is 0.695. The molecule has 3 N–H and O–H groups in total. The zero-order chi connectivity index (χ0) is 6.41. The van der Waals surface area contributed by atoms with E-state index in [2.05, 4.69) is 0 Å². The van der Waals surface area contributed by atoms with Crippen LogP contribution in [0.1, 0.15) is 6.42 Å². The molecule has 0 aliphatic rings. The second-order valence-corrected chi connectivity index (χ2v) is 1.35. The smallest absolute Gasteiger partial charge is 0.0928 e. The maximum absolute atomic E-state index is 8.59. The molecule has 0 amide bonds. The first-order valence-corrected chi connectivity index (χ1v) is 2.41. The molecule has 0 fully saturated rings. The highest BCUT2D eigenvalue weighted by Crippen LogP contribution is 1.91. The Hall–Kier alpha value is -0.540. The van der Waals surface area contributed by atoms with Gasteiger partial charge in [-0.05, 0) is 6.08 Å². The van der Waals surface area contributed by atoms with Gasteiger partial charge in [0, 0.05) is 6.42 Å². The van der Waals surface area contributed by atoms with Gasteiger partial charge in [-0.1, -0.05) is 0 Å². The van der Waals surface area contributed by atoms with Crippen LogP contribution in [-0.2, 0) is 0 Å². The van der Waals surface area contributed by atoms with E-state index < -0.39 is 0 Å². The van der Waals surface area contributed by atoms with Crippen molar-refractivity contribution in [1.82, 2.24) is 0 Å². The minimum Gasteiger partial charge on any atom is -0.512 e. The van der Waals surface area contributed by atoms with Gasteiger partial charge in [0.05, 0.1) is 19.0 Å². The van der Waals surface area contributed by atoms with E-state index >= 15 is 0 Å². The van der Waals surface area contributed by atoms with Crippen molar-refractivity contribution in [3.63, 3.8) is 0 Å². The average molecular weight is 118 g/mol. The highest BCUT2D eigenvalue weighted by molar-refractivity contribution is 4.89.